The largest absolute Gasteiger partial charge is 0.506 e. The molecule has 0 spiro atoms. The van der Waals surface area contributed by atoms with E-state index < -0.39 is 0 Å². The molecular formula is C12H12N2O2. The molecule has 0 bridgehead atoms. The Balaban J connectivity index is 2.59. The third-order valence-corrected chi connectivity index (χ3v) is 2.42. The van der Waals surface area contributed by atoms with Gasteiger partial charge >= 0.3 is 0 Å². The summed E-state index contributed by atoms with van der Waals surface area (Å²) in [5.74, 6) is 0.0223. The molecular weight excluding hydrogens is 204 g/mol. The number of hydrogen-bond donors (Lipinski definition) is 4. The fourth-order valence-electron chi connectivity index (χ4n) is 1.52. The second kappa shape index (κ2) is 3.66. The third kappa shape index (κ3) is 1.61. The van der Waals surface area contributed by atoms with Crippen molar-refractivity contribution in [2.75, 3.05) is 11.5 Å². The highest BCUT2D eigenvalue weighted by Gasteiger charge is 2.07. The van der Waals surface area contributed by atoms with Gasteiger partial charge in [-0.3, -0.25) is 0 Å². The summed E-state index contributed by atoms with van der Waals surface area (Å²) in [4.78, 5) is 0. The summed E-state index contributed by atoms with van der Waals surface area (Å²) in [6, 6.07) is 9.80. The van der Waals surface area contributed by atoms with Crippen molar-refractivity contribution in [3.05, 3.63) is 36.4 Å². The lowest BCUT2D eigenvalue weighted by Crippen LogP contribution is -1.91. The zero-order chi connectivity index (χ0) is 11.7. The molecule has 0 heterocycles. The second-order valence-electron chi connectivity index (χ2n) is 3.51. The van der Waals surface area contributed by atoms with Crippen LogP contribution in [-0.2, 0) is 0 Å². The minimum atomic E-state index is 0.000225. The number of nitrogens with two attached hydrogens (primary N) is 2. The molecule has 2 rings (SSSR count). The number of aromatic hydroxyl groups is 2. The summed E-state index contributed by atoms with van der Waals surface area (Å²) >= 11 is 0. The van der Waals surface area contributed by atoms with Crippen molar-refractivity contribution in [1.29, 1.82) is 0 Å². The van der Waals surface area contributed by atoms with E-state index in [1.807, 2.05) is 0 Å². The highest BCUT2D eigenvalue weighted by Crippen LogP contribution is 2.35. The predicted octanol–water partition coefficient (Wildman–Crippen LogP) is 1.93. The van der Waals surface area contributed by atoms with Crippen molar-refractivity contribution in [1.82, 2.24) is 0 Å². The summed E-state index contributed by atoms with van der Waals surface area (Å²) in [7, 11) is 0. The van der Waals surface area contributed by atoms with Gasteiger partial charge in [0.15, 0.2) is 0 Å². The summed E-state index contributed by atoms with van der Waals surface area (Å²) in [6.07, 6.45) is 0. The predicted molar refractivity (Wildman–Crippen MR) is 64.0 cm³/mol. The van der Waals surface area contributed by atoms with Gasteiger partial charge in [-0.05, 0) is 23.8 Å². The highest BCUT2D eigenvalue weighted by atomic mass is 16.3. The summed E-state index contributed by atoms with van der Waals surface area (Å²) in [5.41, 5.74) is 13.2. The fourth-order valence-corrected chi connectivity index (χ4v) is 1.52. The van der Waals surface area contributed by atoms with Crippen LogP contribution in [0, 0.1) is 0 Å². The third-order valence-electron chi connectivity index (χ3n) is 2.42. The van der Waals surface area contributed by atoms with Crippen molar-refractivity contribution in [2.24, 2.45) is 0 Å². The van der Waals surface area contributed by atoms with E-state index in [0.29, 0.717) is 16.8 Å². The monoisotopic (exact) mass is 216 g/mol. The Bertz CT molecular complexity index is 539. The fraction of sp³-hybridized carbons (Fsp3) is 0. The van der Waals surface area contributed by atoms with Crippen LogP contribution in [0.15, 0.2) is 36.4 Å². The van der Waals surface area contributed by atoms with Gasteiger partial charge in [-0.1, -0.05) is 18.2 Å². The number of hydrogen-bond acceptors (Lipinski definition) is 4. The van der Waals surface area contributed by atoms with Gasteiger partial charge in [0.25, 0.3) is 0 Å². The molecule has 0 saturated heterocycles. The Morgan fingerprint density at radius 2 is 1.62 bits per heavy atom. The zero-order valence-corrected chi connectivity index (χ0v) is 8.51. The number of para-hydroxylation sites is 1. The van der Waals surface area contributed by atoms with Gasteiger partial charge in [0.2, 0.25) is 0 Å². The molecule has 4 heteroatoms. The van der Waals surface area contributed by atoms with Crippen molar-refractivity contribution < 1.29 is 10.2 Å². The molecule has 0 unspecified atom stereocenters. The van der Waals surface area contributed by atoms with E-state index in [9.17, 15) is 10.2 Å². The Morgan fingerprint density at radius 1 is 0.875 bits per heavy atom. The van der Waals surface area contributed by atoms with Crippen LogP contribution >= 0.6 is 0 Å². The van der Waals surface area contributed by atoms with E-state index in [0.717, 1.165) is 0 Å². The van der Waals surface area contributed by atoms with E-state index in [-0.39, 0.29) is 17.2 Å². The maximum Gasteiger partial charge on any atom is 0.139 e. The first-order valence-corrected chi connectivity index (χ1v) is 4.76. The Hall–Kier alpha value is -2.36. The molecule has 2 aromatic carbocycles. The average Bonchev–Trinajstić information content (AvgIpc) is 2.26. The van der Waals surface area contributed by atoms with E-state index in [2.05, 4.69) is 0 Å². The highest BCUT2D eigenvalue weighted by molar-refractivity contribution is 5.81. The van der Waals surface area contributed by atoms with Crippen molar-refractivity contribution in [3.8, 4) is 22.6 Å². The molecule has 0 atom stereocenters. The number of rotatable bonds is 1. The van der Waals surface area contributed by atoms with Gasteiger partial charge in [-0.2, -0.15) is 0 Å². The van der Waals surface area contributed by atoms with Gasteiger partial charge in [0, 0.05) is 5.56 Å². The lowest BCUT2D eigenvalue weighted by molar-refractivity contribution is 0.477. The van der Waals surface area contributed by atoms with E-state index >= 15 is 0 Å². The van der Waals surface area contributed by atoms with Gasteiger partial charge < -0.3 is 21.7 Å². The van der Waals surface area contributed by atoms with Crippen LogP contribution in [0.1, 0.15) is 0 Å². The van der Waals surface area contributed by atoms with Crippen LogP contribution < -0.4 is 11.5 Å². The molecule has 16 heavy (non-hydrogen) atoms. The number of phenols is 2. The second-order valence-corrected chi connectivity index (χ2v) is 3.51. The molecule has 6 N–H and O–H groups in total. The molecule has 0 aromatic heterocycles. The molecule has 4 nitrogen and oxygen atoms in total. The van der Waals surface area contributed by atoms with Crippen LogP contribution in [0.2, 0.25) is 0 Å². The van der Waals surface area contributed by atoms with Crippen LogP contribution in [0.4, 0.5) is 11.4 Å². The van der Waals surface area contributed by atoms with E-state index in [1.165, 1.54) is 12.1 Å². The van der Waals surface area contributed by atoms with Crippen LogP contribution in [0.5, 0.6) is 11.5 Å². The van der Waals surface area contributed by atoms with E-state index in [1.54, 1.807) is 24.3 Å². The number of benzene rings is 2. The maximum atomic E-state index is 9.49. The van der Waals surface area contributed by atoms with Gasteiger partial charge in [-0.15, -0.1) is 0 Å². The Morgan fingerprint density at radius 3 is 2.31 bits per heavy atom. The van der Waals surface area contributed by atoms with Crippen LogP contribution in [0.25, 0.3) is 11.1 Å². The molecule has 2 aromatic rings. The summed E-state index contributed by atoms with van der Waals surface area (Å²) < 4.78 is 0. The first-order valence-electron chi connectivity index (χ1n) is 4.76. The average molecular weight is 216 g/mol. The summed E-state index contributed by atoms with van der Waals surface area (Å²) in [6.45, 7) is 0. The molecule has 0 radical (unpaired) electrons. The molecule has 0 fully saturated rings. The topological polar surface area (TPSA) is 92.5 Å². The first kappa shape index (κ1) is 10.2. The summed E-state index contributed by atoms with van der Waals surface area (Å²) in [5, 5.41) is 19.0. The van der Waals surface area contributed by atoms with Crippen molar-refractivity contribution in [3.63, 3.8) is 0 Å². The molecule has 0 aliphatic heterocycles. The van der Waals surface area contributed by atoms with Crippen LogP contribution in [0.3, 0.4) is 0 Å². The molecule has 0 amide bonds. The van der Waals surface area contributed by atoms with Gasteiger partial charge in [0.05, 0.1) is 11.4 Å². The Kier molecular flexibility index (Phi) is 2.32. The van der Waals surface area contributed by atoms with Crippen LogP contribution in [-0.4, -0.2) is 10.2 Å². The zero-order valence-electron chi connectivity index (χ0n) is 8.51. The lowest BCUT2D eigenvalue weighted by Gasteiger charge is -2.08. The Labute approximate surface area is 92.8 Å². The lowest BCUT2D eigenvalue weighted by atomic mass is 10.0. The smallest absolute Gasteiger partial charge is 0.139 e. The normalized spacial score (nSPS) is 10.2. The quantitative estimate of drug-likeness (QED) is 0.433. The number of anilines is 2. The van der Waals surface area contributed by atoms with Gasteiger partial charge in [-0.25, -0.2) is 0 Å². The van der Waals surface area contributed by atoms with Gasteiger partial charge in [0.1, 0.15) is 11.5 Å². The van der Waals surface area contributed by atoms with Crippen molar-refractivity contribution >= 4 is 11.4 Å². The minimum absolute atomic E-state index is 0.000225. The molecule has 82 valence electrons. The minimum Gasteiger partial charge on any atom is -0.506 e. The SMILES string of the molecule is Nc1ccc(-c2cccc(O)c2N)cc1O. The molecule has 0 aliphatic rings. The number of nitrogen functional groups attached to an aromatic ring is 2. The standard InChI is InChI=1S/C12H12N2O2/c13-9-5-4-7(6-11(9)16)8-2-1-3-10(15)12(8)14/h1-6,15-16H,13-14H2. The molecule has 0 saturated carbocycles. The van der Waals surface area contributed by atoms with E-state index in [4.69, 9.17) is 11.5 Å². The first-order chi connectivity index (χ1) is 7.59. The maximum absolute atomic E-state index is 9.49. The number of phenolic OH excluding ortho intramolecular Hbond substituents is 2. The van der Waals surface area contributed by atoms with Crippen molar-refractivity contribution in [2.45, 2.75) is 0 Å². The molecule has 0 aliphatic carbocycles.